The summed E-state index contributed by atoms with van der Waals surface area (Å²) in [4.78, 5) is 30.6. The number of benzene rings is 9. The van der Waals surface area contributed by atoms with Gasteiger partial charge in [-0.25, -0.2) is 0 Å². The van der Waals surface area contributed by atoms with Gasteiger partial charge in [-0.1, -0.05) is 147 Å². The molecule has 9 aromatic carbocycles. The summed E-state index contributed by atoms with van der Waals surface area (Å²) in [6, 6.07) is 64.2. The van der Waals surface area contributed by atoms with Crippen LogP contribution in [-0.4, -0.2) is 16.0 Å². The Morgan fingerprint density at radius 2 is 0.758 bits per heavy atom. The van der Waals surface area contributed by atoms with E-state index in [1.54, 1.807) is 0 Å². The Morgan fingerprint density at radius 3 is 1.23 bits per heavy atom. The molecular formula is C63H39NO2. The fourth-order valence-electron chi connectivity index (χ4n) is 14.0. The molecule has 308 valence electrons. The number of carbonyl (C=O) groups excluding carboxylic acids is 2. The van der Waals surface area contributed by atoms with Crippen LogP contribution in [-0.2, 0) is 5.41 Å². The van der Waals surface area contributed by atoms with Gasteiger partial charge >= 0.3 is 0 Å². The number of rotatable bonds is 1. The topological polar surface area (TPSA) is 38.5 Å². The molecule has 2 heterocycles. The molecule has 2 aromatic heterocycles. The van der Waals surface area contributed by atoms with Gasteiger partial charge in [0, 0.05) is 49.9 Å². The lowest BCUT2D eigenvalue weighted by molar-refractivity contribution is 0.0966. The standard InChI is InChI=1S/C63H39NO2/c1-63(2)52-22-12-11-13-34(52)35-24-23-32(27-53(35)63)33-25-48-44-28-46-50(61(65)58-40-18-7-3-14-36(40)56(46)37-15-4-8-19-41(37)58)30-54(44)64-55-31-51-47(29-45(55)49(26-33)60(48)64)57-38-16-5-9-20-42(38)59(62(51)66)43-21-10-6-17-39(43)57/h3-31,56-59H,1-2H3. The molecule has 3 heteroatoms. The lowest BCUT2D eigenvalue weighted by Gasteiger charge is -2.30. The summed E-state index contributed by atoms with van der Waals surface area (Å²) in [5.41, 5.74) is 23.7. The highest BCUT2D eigenvalue weighted by molar-refractivity contribution is 6.26. The Morgan fingerprint density at radius 1 is 0.348 bits per heavy atom. The highest BCUT2D eigenvalue weighted by Crippen LogP contribution is 2.56. The van der Waals surface area contributed by atoms with Crippen molar-refractivity contribution in [2.45, 2.75) is 42.9 Å². The van der Waals surface area contributed by atoms with Gasteiger partial charge < -0.3 is 4.40 Å². The van der Waals surface area contributed by atoms with Crippen molar-refractivity contribution in [1.82, 2.24) is 4.40 Å². The minimum absolute atomic E-state index is 0.0662. The van der Waals surface area contributed by atoms with Gasteiger partial charge in [-0.2, -0.15) is 0 Å². The Balaban J connectivity index is 1.02. The van der Waals surface area contributed by atoms with E-state index in [9.17, 15) is 0 Å². The van der Waals surface area contributed by atoms with Crippen molar-refractivity contribution in [1.29, 1.82) is 0 Å². The largest absolute Gasteiger partial charge is 0.308 e. The fourth-order valence-corrected chi connectivity index (χ4v) is 14.0. The average Bonchev–Trinajstić information content (AvgIpc) is 3.82. The zero-order chi connectivity index (χ0) is 43.5. The molecule has 11 aromatic rings. The van der Waals surface area contributed by atoms with Crippen LogP contribution in [0.3, 0.4) is 0 Å². The minimum Gasteiger partial charge on any atom is -0.308 e. The van der Waals surface area contributed by atoms with E-state index in [0.717, 1.165) is 88.2 Å². The zero-order valence-corrected chi connectivity index (χ0v) is 36.3. The number of aromatic nitrogens is 1. The smallest absolute Gasteiger partial charge is 0.175 e. The first-order chi connectivity index (χ1) is 32.3. The van der Waals surface area contributed by atoms with Crippen LogP contribution in [0, 0.1) is 0 Å². The number of hydrogen-bond acceptors (Lipinski definition) is 2. The highest BCUT2D eigenvalue weighted by atomic mass is 16.1. The second kappa shape index (κ2) is 11.9. The molecule has 7 aliphatic carbocycles. The van der Waals surface area contributed by atoms with Gasteiger partial charge in [0.15, 0.2) is 11.6 Å². The molecule has 0 spiro atoms. The lowest BCUT2D eigenvalue weighted by atomic mass is 9.72. The molecule has 0 radical (unpaired) electrons. The van der Waals surface area contributed by atoms with Gasteiger partial charge in [0.25, 0.3) is 0 Å². The quantitative estimate of drug-likeness (QED) is 0.165. The summed E-state index contributed by atoms with van der Waals surface area (Å²) in [6.07, 6.45) is 0. The number of hydrogen-bond donors (Lipinski definition) is 0. The first kappa shape index (κ1) is 35.5. The summed E-state index contributed by atoms with van der Waals surface area (Å²) in [5, 5.41) is 4.57. The third-order valence-electron chi connectivity index (χ3n) is 16.8. The molecule has 0 saturated heterocycles. The van der Waals surface area contributed by atoms with E-state index in [4.69, 9.17) is 0 Å². The predicted molar refractivity (Wildman–Crippen MR) is 264 cm³/mol. The molecule has 18 rings (SSSR count). The maximum atomic E-state index is 15.3. The second-order valence-electron chi connectivity index (χ2n) is 20.1. The van der Waals surface area contributed by atoms with E-state index in [0.29, 0.717) is 0 Å². The molecule has 0 saturated carbocycles. The molecule has 7 aliphatic rings. The summed E-state index contributed by atoms with van der Waals surface area (Å²) in [5.74, 6) is -0.573. The van der Waals surface area contributed by atoms with Crippen LogP contribution in [0.15, 0.2) is 176 Å². The molecule has 0 unspecified atom stereocenters. The normalized spacial score (nSPS) is 19.8. The SMILES string of the molecule is CC1(C)c2ccccc2-c2ccc(-c3cc4c5cc6c(cc5n5c7cc8c(cc7c(c3)c45)C3c4ccccc4C(C8=O)c4ccccc43)C(=O)C3c4ccccc4C6c4ccccc43)cc21. The van der Waals surface area contributed by atoms with Crippen LogP contribution in [0.4, 0.5) is 0 Å². The lowest BCUT2D eigenvalue weighted by Crippen LogP contribution is -2.19. The number of ketones is 2. The van der Waals surface area contributed by atoms with Gasteiger partial charge in [-0.05, 0) is 131 Å². The van der Waals surface area contributed by atoms with Crippen LogP contribution in [0.25, 0.3) is 60.3 Å². The van der Waals surface area contributed by atoms with E-state index in [1.807, 2.05) is 0 Å². The number of fused-ring (bicyclic) bond motifs is 9. The van der Waals surface area contributed by atoms with E-state index in [2.05, 4.69) is 194 Å². The maximum Gasteiger partial charge on any atom is 0.175 e. The third kappa shape index (κ3) is 4.09. The maximum absolute atomic E-state index is 15.3. The molecule has 3 nitrogen and oxygen atoms in total. The van der Waals surface area contributed by atoms with Crippen molar-refractivity contribution in [3.63, 3.8) is 0 Å². The van der Waals surface area contributed by atoms with E-state index in [1.165, 1.54) is 50.1 Å². The Kier molecular flexibility index (Phi) is 6.38. The summed E-state index contributed by atoms with van der Waals surface area (Å²) in [6.45, 7) is 4.70. The van der Waals surface area contributed by atoms with Crippen molar-refractivity contribution in [3.05, 3.63) is 254 Å². The molecule has 0 amide bonds. The fraction of sp³-hybridized carbons (Fsp3) is 0.111. The number of Topliss-reactive ketones (excluding diaryl/α,β-unsaturated/α-hetero) is 2. The predicted octanol–water partition coefficient (Wildman–Crippen LogP) is 14.5. The summed E-state index contributed by atoms with van der Waals surface area (Å²) < 4.78 is 2.39. The molecule has 0 N–H and O–H groups in total. The third-order valence-corrected chi connectivity index (χ3v) is 16.8. The average molecular weight is 842 g/mol. The van der Waals surface area contributed by atoms with Crippen molar-refractivity contribution in [2.75, 3.05) is 0 Å². The van der Waals surface area contributed by atoms with Gasteiger partial charge in [-0.3, -0.25) is 9.59 Å². The van der Waals surface area contributed by atoms with Crippen molar-refractivity contribution >= 4 is 49.7 Å². The second-order valence-corrected chi connectivity index (χ2v) is 20.1. The van der Waals surface area contributed by atoms with Crippen LogP contribution in [0.1, 0.15) is 125 Å². The Bertz CT molecular complexity index is 3800. The zero-order valence-electron chi connectivity index (χ0n) is 36.3. The van der Waals surface area contributed by atoms with E-state index < -0.39 is 0 Å². The highest BCUT2D eigenvalue weighted by Gasteiger charge is 2.45. The number of carbonyl (C=O) groups is 2. The first-order valence-electron chi connectivity index (χ1n) is 23.4. The first-order valence-corrected chi connectivity index (χ1v) is 23.4. The monoisotopic (exact) mass is 841 g/mol. The summed E-state index contributed by atoms with van der Waals surface area (Å²) in [7, 11) is 0. The molecule has 0 fully saturated rings. The molecule has 4 bridgehead atoms. The molecule has 0 aliphatic heterocycles. The molecule has 0 atom stereocenters. The van der Waals surface area contributed by atoms with Crippen LogP contribution in [0.2, 0.25) is 0 Å². The number of nitrogens with zero attached hydrogens (tertiary/aromatic N) is 1. The van der Waals surface area contributed by atoms with Gasteiger partial charge in [0.1, 0.15) is 0 Å². The Hall–Kier alpha value is -7.88. The summed E-state index contributed by atoms with van der Waals surface area (Å²) >= 11 is 0. The van der Waals surface area contributed by atoms with Gasteiger partial charge in [-0.15, -0.1) is 0 Å². The van der Waals surface area contributed by atoms with E-state index in [-0.39, 0.29) is 40.7 Å². The van der Waals surface area contributed by atoms with Crippen LogP contribution in [0.5, 0.6) is 0 Å². The van der Waals surface area contributed by atoms with Crippen molar-refractivity contribution in [2.24, 2.45) is 0 Å². The van der Waals surface area contributed by atoms with Crippen LogP contribution < -0.4 is 0 Å². The van der Waals surface area contributed by atoms with Crippen molar-refractivity contribution < 1.29 is 9.59 Å². The minimum atomic E-state index is -0.368. The van der Waals surface area contributed by atoms with Gasteiger partial charge in [0.2, 0.25) is 0 Å². The van der Waals surface area contributed by atoms with Crippen molar-refractivity contribution in [3.8, 4) is 22.3 Å². The molecule has 66 heavy (non-hydrogen) atoms. The van der Waals surface area contributed by atoms with E-state index >= 15 is 9.59 Å². The Labute approximate surface area is 380 Å². The van der Waals surface area contributed by atoms with Gasteiger partial charge in [0.05, 0.1) is 28.4 Å². The molecular weight excluding hydrogens is 803 g/mol. The van der Waals surface area contributed by atoms with Crippen LogP contribution >= 0.6 is 0 Å².